The monoisotopic (exact) mass is 269 g/mol. The number of aromatic amines is 1. The Morgan fingerprint density at radius 1 is 1.42 bits per heavy atom. The maximum Gasteiger partial charge on any atom is 0.306 e. The second-order valence-electron chi connectivity index (χ2n) is 4.59. The van der Waals surface area contributed by atoms with Crippen LogP contribution in [0.3, 0.4) is 0 Å². The first-order valence-corrected chi connectivity index (χ1v) is 6.11. The van der Waals surface area contributed by atoms with Crippen molar-refractivity contribution in [2.45, 2.75) is 39.2 Å². The number of nitrogen functional groups attached to an aromatic ring is 1. The van der Waals surface area contributed by atoms with Crippen LogP contribution in [0.25, 0.3) is 0 Å². The molecule has 1 heterocycles. The predicted octanol–water partition coefficient (Wildman–Crippen LogP) is 0.396. The average molecular weight is 269 g/mol. The molecular formula is C11H19N5O3. The Morgan fingerprint density at radius 2 is 2.11 bits per heavy atom. The van der Waals surface area contributed by atoms with Crippen LogP contribution in [0, 0.1) is 5.92 Å². The lowest BCUT2D eigenvalue weighted by molar-refractivity contribution is -0.141. The second-order valence-corrected chi connectivity index (χ2v) is 4.59. The number of aliphatic carboxylic acids is 1. The van der Waals surface area contributed by atoms with E-state index in [-0.39, 0.29) is 29.6 Å². The molecule has 0 saturated carbocycles. The summed E-state index contributed by atoms with van der Waals surface area (Å²) < 4.78 is 0. The number of carbonyl (C=O) groups excluding carboxylic acids is 1. The zero-order valence-electron chi connectivity index (χ0n) is 11.0. The van der Waals surface area contributed by atoms with Crippen molar-refractivity contribution >= 4 is 17.8 Å². The van der Waals surface area contributed by atoms with Crippen molar-refractivity contribution in [3.05, 3.63) is 5.82 Å². The van der Waals surface area contributed by atoms with E-state index in [0.29, 0.717) is 12.8 Å². The first-order chi connectivity index (χ1) is 8.90. The molecule has 0 aliphatic carbocycles. The SMILES string of the molecule is CC(CCCC(C)C(=O)O)NC(=O)c1nc(N)n[nH]1. The summed E-state index contributed by atoms with van der Waals surface area (Å²) in [5.74, 6) is -1.44. The van der Waals surface area contributed by atoms with Crippen molar-refractivity contribution < 1.29 is 14.7 Å². The second kappa shape index (κ2) is 6.72. The molecule has 1 aromatic rings. The number of carbonyl (C=O) groups is 2. The van der Waals surface area contributed by atoms with Crippen LogP contribution in [0.4, 0.5) is 5.95 Å². The molecule has 0 aliphatic heterocycles. The number of H-pyrrole nitrogens is 1. The topological polar surface area (TPSA) is 134 Å². The van der Waals surface area contributed by atoms with E-state index >= 15 is 0 Å². The van der Waals surface area contributed by atoms with Gasteiger partial charge in [-0.05, 0) is 19.8 Å². The molecule has 1 aromatic heterocycles. The first kappa shape index (κ1) is 14.9. The highest BCUT2D eigenvalue weighted by molar-refractivity contribution is 5.90. The van der Waals surface area contributed by atoms with Gasteiger partial charge in [0.2, 0.25) is 11.8 Å². The average Bonchev–Trinajstić information content (AvgIpc) is 2.75. The van der Waals surface area contributed by atoms with Crippen LogP contribution in [-0.4, -0.2) is 38.2 Å². The molecule has 8 nitrogen and oxygen atoms in total. The lowest BCUT2D eigenvalue weighted by atomic mass is 10.0. The van der Waals surface area contributed by atoms with Gasteiger partial charge in [-0.1, -0.05) is 13.3 Å². The maximum absolute atomic E-state index is 11.7. The molecule has 5 N–H and O–H groups in total. The fourth-order valence-electron chi connectivity index (χ4n) is 1.59. The number of anilines is 1. The minimum atomic E-state index is -0.797. The summed E-state index contributed by atoms with van der Waals surface area (Å²) in [7, 11) is 0. The smallest absolute Gasteiger partial charge is 0.306 e. The highest BCUT2D eigenvalue weighted by atomic mass is 16.4. The minimum Gasteiger partial charge on any atom is -0.481 e. The van der Waals surface area contributed by atoms with E-state index in [0.717, 1.165) is 6.42 Å². The molecule has 0 fully saturated rings. The van der Waals surface area contributed by atoms with Gasteiger partial charge in [0.25, 0.3) is 5.91 Å². The van der Waals surface area contributed by atoms with E-state index in [4.69, 9.17) is 10.8 Å². The molecule has 0 radical (unpaired) electrons. The quantitative estimate of drug-likeness (QED) is 0.566. The highest BCUT2D eigenvalue weighted by Gasteiger charge is 2.15. The van der Waals surface area contributed by atoms with Gasteiger partial charge in [-0.25, -0.2) is 0 Å². The highest BCUT2D eigenvalue weighted by Crippen LogP contribution is 2.09. The molecule has 2 atom stereocenters. The van der Waals surface area contributed by atoms with E-state index in [1.807, 2.05) is 6.92 Å². The number of carboxylic acid groups (broad SMARTS) is 1. The first-order valence-electron chi connectivity index (χ1n) is 6.11. The number of rotatable bonds is 7. The Bertz CT molecular complexity index is 445. The van der Waals surface area contributed by atoms with Crippen molar-refractivity contribution in [2.24, 2.45) is 5.92 Å². The standard InChI is InChI=1S/C11H19N5O3/c1-6(10(18)19)4-3-5-7(2)13-9(17)8-14-11(12)16-15-8/h6-7H,3-5H2,1-2H3,(H,13,17)(H,18,19)(H3,12,14,15,16). The molecule has 1 amide bonds. The molecule has 0 aliphatic rings. The molecule has 0 spiro atoms. The Hall–Kier alpha value is -2.12. The lowest BCUT2D eigenvalue weighted by Crippen LogP contribution is -2.33. The zero-order valence-corrected chi connectivity index (χ0v) is 11.0. The van der Waals surface area contributed by atoms with E-state index in [1.54, 1.807) is 6.92 Å². The third-order valence-electron chi connectivity index (χ3n) is 2.79. The Morgan fingerprint density at radius 3 is 2.63 bits per heavy atom. The zero-order chi connectivity index (χ0) is 14.4. The van der Waals surface area contributed by atoms with E-state index in [9.17, 15) is 9.59 Å². The van der Waals surface area contributed by atoms with Gasteiger partial charge in [-0.15, -0.1) is 5.10 Å². The van der Waals surface area contributed by atoms with Gasteiger partial charge in [0, 0.05) is 6.04 Å². The molecule has 0 saturated heterocycles. The van der Waals surface area contributed by atoms with Crippen LogP contribution in [0.1, 0.15) is 43.7 Å². The number of aromatic nitrogens is 3. The summed E-state index contributed by atoms with van der Waals surface area (Å²) in [6.07, 6.45) is 2.02. The molecule has 19 heavy (non-hydrogen) atoms. The van der Waals surface area contributed by atoms with Crippen molar-refractivity contribution in [1.29, 1.82) is 0 Å². The van der Waals surface area contributed by atoms with Crippen molar-refractivity contribution in [3.63, 3.8) is 0 Å². The molecular weight excluding hydrogens is 250 g/mol. The normalized spacial score (nSPS) is 13.8. The number of nitrogens with zero attached hydrogens (tertiary/aromatic N) is 2. The van der Waals surface area contributed by atoms with Crippen LogP contribution in [0.5, 0.6) is 0 Å². The third kappa shape index (κ3) is 4.94. The van der Waals surface area contributed by atoms with Gasteiger partial charge >= 0.3 is 5.97 Å². The van der Waals surface area contributed by atoms with Gasteiger partial charge in [0.05, 0.1) is 5.92 Å². The minimum absolute atomic E-state index is 0.0214. The molecule has 8 heteroatoms. The van der Waals surface area contributed by atoms with Gasteiger partial charge in [-0.3, -0.25) is 14.7 Å². The fraction of sp³-hybridized carbons (Fsp3) is 0.636. The van der Waals surface area contributed by atoms with Gasteiger partial charge in [0.1, 0.15) is 0 Å². The Balaban J connectivity index is 2.29. The van der Waals surface area contributed by atoms with Gasteiger partial charge in [0.15, 0.2) is 0 Å². The van der Waals surface area contributed by atoms with Crippen LogP contribution >= 0.6 is 0 Å². The van der Waals surface area contributed by atoms with Crippen LogP contribution in [-0.2, 0) is 4.79 Å². The lowest BCUT2D eigenvalue weighted by Gasteiger charge is -2.13. The van der Waals surface area contributed by atoms with Crippen molar-refractivity contribution in [2.75, 3.05) is 5.73 Å². The van der Waals surface area contributed by atoms with E-state index < -0.39 is 5.97 Å². The van der Waals surface area contributed by atoms with Crippen LogP contribution < -0.4 is 11.1 Å². The summed E-state index contributed by atoms with van der Waals surface area (Å²) in [4.78, 5) is 26.0. The molecule has 1 rings (SSSR count). The summed E-state index contributed by atoms with van der Waals surface area (Å²) in [5, 5.41) is 17.5. The molecule has 2 unspecified atom stereocenters. The number of hydrogen-bond acceptors (Lipinski definition) is 5. The number of amides is 1. The number of nitrogens with one attached hydrogen (secondary N) is 2. The summed E-state index contributed by atoms with van der Waals surface area (Å²) in [5.41, 5.74) is 5.30. The van der Waals surface area contributed by atoms with Crippen LogP contribution in [0.15, 0.2) is 0 Å². The number of carboxylic acids is 1. The third-order valence-corrected chi connectivity index (χ3v) is 2.79. The van der Waals surface area contributed by atoms with Crippen LogP contribution in [0.2, 0.25) is 0 Å². The van der Waals surface area contributed by atoms with Gasteiger partial charge < -0.3 is 16.2 Å². The van der Waals surface area contributed by atoms with Gasteiger partial charge in [-0.2, -0.15) is 4.98 Å². The Kier molecular flexibility index (Phi) is 5.28. The predicted molar refractivity (Wildman–Crippen MR) is 68.4 cm³/mol. The van der Waals surface area contributed by atoms with E-state index in [1.165, 1.54) is 0 Å². The summed E-state index contributed by atoms with van der Waals surface area (Å²) >= 11 is 0. The number of nitrogens with two attached hydrogens (primary N) is 1. The maximum atomic E-state index is 11.7. The molecule has 0 aromatic carbocycles. The number of hydrogen-bond donors (Lipinski definition) is 4. The van der Waals surface area contributed by atoms with Crippen molar-refractivity contribution in [3.8, 4) is 0 Å². The van der Waals surface area contributed by atoms with E-state index in [2.05, 4.69) is 20.5 Å². The summed E-state index contributed by atoms with van der Waals surface area (Å²) in [6.45, 7) is 3.52. The largest absolute Gasteiger partial charge is 0.481 e. The Labute approximate surface area is 110 Å². The fourth-order valence-corrected chi connectivity index (χ4v) is 1.59. The molecule has 0 bridgehead atoms. The molecule has 106 valence electrons. The summed E-state index contributed by atoms with van der Waals surface area (Å²) in [6, 6.07) is -0.0696. The van der Waals surface area contributed by atoms with Crippen molar-refractivity contribution in [1.82, 2.24) is 20.5 Å².